The second-order valence-corrected chi connectivity index (χ2v) is 7.06. The Morgan fingerprint density at radius 3 is 2.37 bits per heavy atom. The molecule has 1 saturated heterocycles. The van der Waals surface area contributed by atoms with E-state index in [0.717, 1.165) is 37.2 Å². The van der Waals surface area contributed by atoms with Crippen molar-refractivity contribution in [1.82, 2.24) is 10.2 Å². The summed E-state index contributed by atoms with van der Waals surface area (Å²) in [7, 11) is 0. The van der Waals surface area contributed by atoms with Crippen molar-refractivity contribution in [3.8, 4) is 5.75 Å². The monoisotopic (exact) mass is 368 g/mol. The number of nitrogens with zero attached hydrogens (tertiary/aromatic N) is 1. The first-order chi connectivity index (χ1) is 13.2. The lowest BCUT2D eigenvalue weighted by molar-refractivity contribution is -0.126. The maximum Gasteiger partial charge on any atom is 0.223 e. The summed E-state index contributed by atoms with van der Waals surface area (Å²) in [6.45, 7) is 3.08. The lowest BCUT2D eigenvalue weighted by Gasteiger charge is -2.32. The van der Waals surface area contributed by atoms with E-state index in [2.05, 4.69) is 10.2 Å². The van der Waals surface area contributed by atoms with Gasteiger partial charge < -0.3 is 20.1 Å². The van der Waals surface area contributed by atoms with E-state index in [1.54, 1.807) is 0 Å². The number of para-hydroxylation sites is 1. The average Bonchev–Trinajstić information content (AvgIpc) is 2.72. The van der Waals surface area contributed by atoms with Gasteiger partial charge in [-0.1, -0.05) is 48.5 Å². The van der Waals surface area contributed by atoms with Crippen molar-refractivity contribution < 1.29 is 14.6 Å². The van der Waals surface area contributed by atoms with Crippen LogP contribution in [0, 0.1) is 5.92 Å². The zero-order valence-corrected chi connectivity index (χ0v) is 15.6. The van der Waals surface area contributed by atoms with E-state index in [1.807, 2.05) is 60.7 Å². The van der Waals surface area contributed by atoms with Crippen molar-refractivity contribution in [2.45, 2.75) is 25.5 Å². The van der Waals surface area contributed by atoms with Crippen LogP contribution in [-0.4, -0.2) is 48.3 Å². The third kappa shape index (κ3) is 6.38. The predicted octanol–water partition coefficient (Wildman–Crippen LogP) is 2.45. The first-order valence-corrected chi connectivity index (χ1v) is 9.60. The second-order valence-electron chi connectivity index (χ2n) is 7.06. The van der Waals surface area contributed by atoms with Gasteiger partial charge in [-0.15, -0.1) is 0 Å². The van der Waals surface area contributed by atoms with Gasteiger partial charge in [0.05, 0.1) is 0 Å². The van der Waals surface area contributed by atoms with Gasteiger partial charge in [0.2, 0.25) is 5.91 Å². The van der Waals surface area contributed by atoms with E-state index >= 15 is 0 Å². The standard InChI is InChI=1S/C22H28N2O3/c25-20(17-27-21-9-5-2-6-10-21)16-24-13-11-19(12-14-24)22(26)23-15-18-7-3-1-4-8-18/h1-10,19-20,25H,11-17H2,(H,23,26). The summed E-state index contributed by atoms with van der Waals surface area (Å²) in [6, 6.07) is 19.5. The number of aliphatic hydroxyl groups excluding tert-OH is 1. The molecule has 2 N–H and O–H groups in total. The number of nitrogens with one attached hydrogen (secondary N) is 1. The van der Waals surface area contributed by atoms with Crippen LogP contribution in [0.25, 0.3) is 0 Å². The topological polar surface area (TPSA) is 61.8 Å². The molecule has 2 aromatic carbocycles. The Hall–Kier alpha value is -2.37. The summed E-state index contributed by atoms with van der Waals surface area (Å²) < 4.78 is 5.60. The number of aliphatic hydroxyl groups is 1. The molecular weight excluding hydrogens is 340 g/mol. The fourth-order valence-corrected chi connectivity index (χ4v) is 3.37. The summed E-state index contributed by atoms with van der Waals surface area (Å²) in [4.78, 5) is 14.6. The Morgan fingerprint density at radius 2 is 1.70 bits per heavy atom. The molecule has 0 bridgehead atoms. The number of carbonyl (C=O) groups excluding carboxylic acids is 1. The minimum Gasteiger partial charge on any atom is -0.491 e. The average molecular weight is 368 g/mol. The molecule has 0 radical (unpaired) electrons. The molecule has 1 heterocycles. The number of amides is 1. The van der Waals surface area contributed by atoms with Crippen LogP contribution in [0.1, 0.15) is 18.4 Å². The maximum absolute atomic E-state index is 12.4. The zero-order valence-electron chi connectivity index (χ0n) is 15.6. The van der Waals surface area contributed by atoms with E-state index in [9.17, 15) is 9.90 Å². The molecule has 3 rings (SSSR count). The SMILES string of the molecule is O=C(NCc1ccccc1)C1CCN(CC(O)COc2ccccc2)CC1. The van der Waals surface area contributed by atoms with Gasteiger partial charge in [-0.05, 0) is 43.6 Å². The molecule has 2 aromatic rings. The van der Waals surface area contributed by atoms with Crippen molar-refractivity contribution in [1.29, 1.82) is 0 Å². The molecule has 144 valence electrons. The highest BCUT2D eigenvalue weighted by atomic mass is 16.5. The van der Waals surface area contributed by atoms with Crippen molar-refractivity contribution in [3.63, 3.8) is 0 Å². The number of rotatable bonds is 8. The summed E-state index contributed by atoms with van der Waals surface area (Å²) in [6.07, 6.45) is 1.12. The number of hydrogen-bond acceptors (Lipinski definition) is 4. The number of benzene rings is 2. The highest BCUT2D eigenvalue weighted by Gasteiger charge is 2.25. The Balaban J connectivity index is 1.34. The van der Waals surface area contributed by atoms with Crippen LogP contribution in [0.2, 0.25) is 0 Å². The van der Waals surface area contributed by atoms with Crippen LogP contribution in [0.5, 0.6) is 5.75 Å². The summed E-state index contributed by atoms with van der Waals surface area (Å²) in [5, 5.41) is 13.2. The quantitative estimate of drug-likeness (QED) is 0.751. The molecule has 1 atom stereocenters. The molecule has 0 saturated carbocycles. The largest absolute Gasteiger partial charge is 0.491 e. The molecule has 0 aliphatic carbocycles. The van der Waals surface area contributed by atoms with E-state index in [4.69, 9.17) is 4.74 Å². The zero-order chi connectivity index (χ0) is 18.9. The van der Waals surface area contributed by atoms with Crippen molar-refractivity contribution in [3.05, 3.63) is 66.2 Å². The van der Waals surface area contributed by atoms with Crippen LogP contribution in [-0.2, 0) is 11.3 Å². The van der Waals surface area contributed by atoms with E-state index in [0.29, 0.717) is 13.1 Å². The van der Waals surface area contributed by atoms with E-state index < -0.39 is 6.10 Å². The first kappa shape index (κ1) is 19.4. The predicted molar refractivity (Wildman–Crippen MR) is 105 cm³/mol. The minimum absolute atomic E-state index is 0.0580. The fraction of sp³-hybridized carbons (Fsp3) is 0.409. The van der Waals surface area contributed by atoms with Crippen LogP contribution in [0.15, 0.2) is 60.7 Å². The van der Waals surface area contributed by atoms with Crippen LogP contribution < -0.4 is 10.1 Å². The molecule has 0 spiro atoms. The molecule has 1 unspecified atom stereocenters. The maximum atomic E-state index is 12.4. The van der Waals surface area contributed by atoms with E-state index in [-0.39, 0.29) is 18.4 Å². The number of ether oxygens (including phenoxy) is 1. The van der Waals surface area contributed by atoms with Crippen LogP contribution in [0.4, 0.5) is 0 Å². The molecule has 1 aliphatic heterocycles. The van der Waals surface area contributed by atoms with Gasteiger partial charge in [0.25, 0.3) is 0 Å². The van der Waals surface area contributed by atoms with Crippen molar-refractivity contribution in [2.24, 2.45) is 5.92 Å². The highest BCUT2D eigenvalue weighted by molar-refractivity contribution is 5.78. The van der Waals surface area contributed by atoms with Crippen molar-refractivity contribution >= 4 is 5.91 Å². The number of β-amino-alcohol motifs (C(OH)–C–C–N with tert-alkyl or cyclic N) is 1. The summed E-state index contributed by atoms with van der Waals surface area (Å²) in [5.41, 5.74) is 1.12. The van der Waals surface area contributed by atoms with Gasteiger partial charge in [0.1, 0.15) is 18.5 Å². The number of likely N-dealkylation sites (tertiary alicyclic amines) is 1. The highest BCUT2D eigenvalue weighted by Crippen LogP contribution is 2.18. The molecular formula is C22H28N2O3. The van der Waals surface area contributed by atoms with Crippen molar-refractivity contribution in [2.75, 3.05) is 26.2 Å². The van der Waals surface area contributed by atoms with Gasteiger partial charge in [-0.25, -0.2) is 0 Å². The molecule has 27 heavy (non-hydrogen) atoms. The number of hydrogen-bond donors (Lipinski definition) is 2. The van der Waals surface area contributed by atoms with Gasteiger partial charge in [0.15, 0.2) is 0 Å². The third-order valence-corrected chi connectivity index (χ3v) is 4.92. The van der Waals surface area contributed by atoms with E-state index in [1.165, 1.54) is 0 Å². The Morgan fingerprint density at radius 1 is 1.07 bits per heavy atom. The summed E-state index contributed by atoms with van der Waals surface area (Å²) >= 11 is 0. The lowest BCUT2D eigenvalue weighted by atomic mass is 9.95. The lowest BCUT2D eigenvalue weighted by Crippen LogP contribution is -2.44. The molecule has 5 nitrogen and oxygen atoms in total. The van der Waals surface area contributed by atoms with Crippen LogP contribution >= 0.6 is 0 Å². The molecule has 1 fully saturated rings. The first-order valence-electron chi connectivity index (χ1n) is 9.60. The van der Waals surface area contributed by atoms with Gasteiger partial charge >= 0.3 is 0 Å². The Bertz CT molecular complexity index is 685. The number of piperidine rings is 1. The van der Waals surface area contributed by atoms with Gasteiger partial charge in [0, 0.05) is 19.0 Å². The normalized spacial score (nSPS) is 16.6. The fourth-order valence-electron chi connectivity index (χ4n) is 3.37. The Labute approximate surface area is 161 Å². The summed E-state index contributed by atoms with van der Waals surface area (Å²) in [5.74, 6) is 0.958. The molecule has 1 aliphatic rings. The number of carbonyl (C=O) groups is 1. The molecule has 5 heteroatoms. The van der Waals surface area contributed by atoms with Gasteiger partial charge in [-0.3, -0.25) is 4.79 Å². The third-order valence-electron chi connectivity index (χ3n) is 4.92. The van der Waals surface area contributed by atoms with Crippen LogP contribution in [0.3, 0.4) is 0 Å². The Kier molecular flexibility index (Phi) is 7.25. The molecule has 1 amide bonds. The molecule has 0 aromatic heterocycles. The van der Waals surface area contributed by atoms with Gasteiger partial charge in [-0.2, -0.15) is 0 Å². The smallest absolute Gasteiger partial charge is 0.223 e. The second kappa shape index (κ2) is 10.1. The minimum atomic E-state index is -0.534.